The van der Waals surface area contributed by atoms with Crippen molar-refractivity contribution in [1.29, 1.82) is 0 Å². The van der Waals surface area contributed by atoms with Crippen LogP contribution in [0.1, 0.15) is 22.8 Å². The predicted molar refractivity (Wildman–Crippen MR) is 125 cm³/mol. The Bertz CT molecular complexity index is 1190. The minimum atomic E-state index is 0.0560. The molecule has 1 aromatic carbocycles. The summed E-state index contributed by atoms with van der Waals surface area (Å²) in [4.78, 5) is 13.1. The number of benzene rings is 1. The van der Waals surface area contributed by atoms with Crippen molar-refractivity contribution in [2.24, 2.45) is 5.10 Å². The van der Waals surface area contributed by atoms with Crippen molar-refractivity contribution in [3.8, 4) is 11.4 Å². The molecule has 162 valence electrons. The van der Waals surface area contributed by atoms with E-state index in [1.165, 1.54) is 0 Å². The first-order valence-corrected chi connectivity index (χ1v) is 10.5. The number of hydrogen-bond donors (Lipinski definition) is 3. The molecule has 3 N–H and O–H groups in total. The maximum absolute atomic E-state index is 5.18. The molecule has 0 aliphatic carbocycles. The molecule has 3 aromatic rings. The third-order valence-electron chi connectivity index (χ3n) is 5.35. The number of H-pyrrole nitrogens is 1. The molecule has 2 aromatic heterocycles. The average Bonchev–Trinajstić information content (AvgIpc) is 3.45. The van der Waals surface area contributed by atoms with Crippen LogP contribution in [-0.4, -0.2) is 39.6 Å². The van der Waals surface area contributed by atoms with E-state index < -0.39 is 0 Å². The molecule has 32 heavy (non-hydrogen) atoms. The van der Waals surface area contributed by atoms with Gasteiger partial charge in [-0.2, -0.15) is 5.10 Å². The highest BCUT2D eigenvalue weighted by Crippen LogP contribution is 2.30. The summed E-state index contributed by atoms with van der Waals surface area (Å²) in [5.41, 5.74) is 6.71. The number of aromatic amines is 1. The first-order valence-electron chi connectivity index (χ1n) is 10.5. The van der Waals surface area contributed by atoms with Gasteiger partial charge in [0.1, 0.15) is 18.3 Å². The van der Waals surface area contributed by atoms with E-state index in [1.807, 2.05) is 48.5 Å². The number of anilines is 1. The van der Waals surface area contributed by atoms with Gasteiger partial charge in [-0.15, -0.1) is 0 Å². The molecule has 0 saturated carbocycles. The zero-order valence-electron chi connectivity index (χ0n) is 18.0. The van der Waals surface area contributed by atoms with E-state index in [9.17, 15) is 0 Å². The molecule has 1 unspecified atom stereocenters. The second kappa shape index (κ2) is 8.68. The Morgan fingerprint density at radius 3 is 2.81 bits per heavy atom. The molecular formula is C24H25N7O. The highest BCUT2D eigenvalue weighted by molar-refractivity contribution is 5.82. The number of imidazole rings is 1. The van der Waals surface area contributed by atoms with E-state index in [4.69, 9.17) is 14.7 Å². The van der Waals surface area contributed by atoms with Crippen molar-refractivity contribution in [1.82, 2.24) is 25.3 Å². The lowest BCUT2D eigenvalue weighted by Crippen LogP contribution is -2.32. The lowest BCUT2D eigenvalue weighted by atomic mass is 10.1. The van der Waals surface area contributed by atoms with Gasteiger partial charge in [-0.05, 0) is 42.8 Å². The minimum Gasteiger partial charge on any atom is -0.380 e. The van der Waals surface area contributed by atoms with Crippen LogP contribution in [-0.2, 0) is 17.9 Å². The quantitative estimate of drug-likeness (QED) is 0.534. The van der Waals surface area contributed by atoms with Crippen molar-refractivity contribution < 1.29 is 4.74 Å². The zero-order valence-corrected chi connectivity index (χ0v) is 18.0. The Kier molecular flexibility index (Phi) is 5.43. The third-order valence-corrected chi connectivity index (χ3v) is 5.35. The van der Waals surface area contributed by atoms with Crippen LogP contribution < -0.4 is 10.6 Å². The van der Waals surface area contributed by atoms with Gasteiger partial charge in [0.2, 0.25) is 0 Å². The number of fused-ring (bicyclic) bond motifs is 1. The monoisotopic (exact) mass is 427 g/mol. The van der Waals surface area contributed by atoms with Crippen molar-refractivity contribution >= 4 is 17.6 Å². The van der Waals surface area contributed by atoms with Gasteiger partial charge < -0.3 is 20.4 Å². The fraction of sp³-hybridized carbons (Fsp3) is 0.208. The van der Waals surface area contributed by atoms with Crippen LogP contribution in [0.15, 0.2) is 65.9 Å². The van der Waals surface area contributed by atoms with Gasteiger partial charge in [-0.3, -0.25) is 4.98 Å². The largest absolute Gasteiger partial charge is 0.380 e. The average molecular weight is 428 g/mol. The highest BCUT2D eigenvalue weighted by Gasteiger charge is 2.23. The summed E-state index contributed by atoms with van der Waals surface area (Å²) in [7, 11) is 1.70. The van der Waals surface area contributed by atoms with Crippen LogP contribution >= 0.6 is 0 Å². The summed E-state index contributed by atoms with van der Waals surface area (Å²) >= 11 is 0. The minimum absolute atomic E-state index is 0.0560. The van der Waals surface area contributed by atoms with Crippen molar-refractivity contribution in [3.05, 3.63) is 83.6 Å². The van der Waals surface area contributed by atoms with Gasteiger partial charge in [0.15, 0.2) is 0 Å². The Morgan fingerprint density at radius 2 is 2.00 bits per heavy atom. The number of aryl methyl sites for hydroxylation is 1. The number of methoxy groups -OCH3 is 1. The summed E-state index contributed by atoms with van der Waals surface area (Å²) in [6, 6.07) is 14.2. The molecule has 0 bridgehead atoms. The number of aromatic nitrogens is 3. The lowest BCUT2D eigenvalue weighted by Gasteiger charge is -2.21. The van der Waals surface area contributed by atoms with E-state index in [2.05, 4.69) is 45.0 Å². The first kappa shape index (κ1) is 20.0. The molecule has 0 radical (unpaired) electrons. The summed E-state index contributed by atoms with van der Waals surface area (Å²) in [5, 5.41) is 12.9. The van der Waals surface area contributed by atoms with Gasteiger partial charge in [0.05, 0.1) is 30.2 Å². The molecule has 0 saturated heterocycles. The van der Waals surface area contributed by atoms with E-state index >= 15 is 0 Å². The molecule has 8 heteroatoms. The van der Waals surface area contributed by atoms with Crippen LogP contribution in [0.2, 0.25) is 0 Å². The van der Waals surface area contributed by atoms with Crippen LogP contribution in [0.25, 0.3) is 17.0 Å². The summed E-state index contributed by atoms with van der Waals surface area (Å²) in [5.74, 6) is 0.832. The molecule has 0 amide bonds. The molecule has 2 aliphatic rings. The Labute approximate surface area is 186 Å². The van der Waals surface area contributed by atoms with Gasteiger partial charge in [-0.1, -0.05) is 24.3 Å². The molecule has 0 spiro atoms. The maximum atomic E-state index is 5.18. The van der Waals surface area contributed by atoms with Gasteiger partial charge in [0, 0.05) is 30.3 Å². The van der Waals surface area contributed by atoms with Gasteiger partial charge >= 0.3 is 0 Å². The maximum Gasteiger partial charge on any atom is 0.140 e. The summed E-state index contributed by atoms with van der Waals surface area (Å²) in [6.07, 6.45) is 7.91. The lowest BCUT2D eigenvalue weighted by molar-refractivity contribution is 0.185. The van der Waals surface area contributed by atoms with E-state index in [0.717, 1.165) is 45.4 Å². The van der Waals surface area contributed by atoms with Crippen LogP contribution in [0, 0.1) is 6.92 Å². The number of allylic oxidation sites excluding steroid dienone is 2. The smallest absolute Gasteiger partial charge is 0.140 e. The van der Waals surface area contributed by atoms with Crippen LogP contribution in [0.4, 0.5) is 5.69 Å². The van der Waals surface area contributed by atoms with Crippen molar-refractivity contribution in [3.63, 3.8) is 0 Å². The van der Waals surface area contributed by atoms with Crippen LogP contribution in [0.3, 0.4) is 0 Å². The Hall–Kier alpha value is -3.91. The highest BCUT2D eigenvalue weighted by atomic mass is 16.5. The number of nitrogens with zero attached hydrogens (tertiary/aromatic N) is 4. The number of hydrogen-bond acceptors (Lipinski definition) is 7. The van der Waals surface area contributed by atoms with Crippen molar-refractivity contribution in [2.75, 3.05) is 12.4 Å². The number of ether oxygens (including phenoxy) is 1. The zero-order chi connectivity index (χ0) is 21.9. The molecule has 8 nitrogen and oxygen atoms in total. The standard InChI is InChI=1S/C24H25N7O/c1-16-4-3-5-20(28-16)24-23(18-8-11-22-26-15-27-31(22)13-18)29-21(30-24)12-25-19-9-6-17(7-10-19)14-32-2/h3-11,13,15,22,25H,12,14H2,1-2H3,(H,26,27)(H,29,30). The third kappa shape index (κ3) is 4.13. The topological polar surface area (TPSA) is 90.5 Å². The Morgan fingerprint density at radius 1 is 1.12 bits per heavy atom. The number of rotatable bonds is 7. The molecular weight excluding hydrogens is 402 g/mol. The fourth-order valence-corrected chi connectivity index (χ4v) is 3.76. The van der Waals surface area contributed by atoms with Gasteiger partial charge in [-0.25, -0.2) is 9.99 Å². The van der Waals surface area contributed by atoms with E-state index in [0.29, 0.717) is 13.2 Å². The Balaban J connectivity index is 1.43. The van der Waals surface area contributed by atoms with E-state index in [1.54, 1.807) is 13.4 Å². The first-order chi connectivity index (χ1) is 15.7. The second-order valence-corrected chi connectivity index (χ2v) is 7.73. The summed E-state index contributed by atoms with van der Waals surface area (Å²) in [6.45, 7) is 3.16. The molecule has 1 atom stereocenters. The van der Waals surface area contributed by atoms with E-state index in [-0.39, 0.29) is 6.17 Å². The molecule has 5 rings (SSSR count). The number of pyridine rings is 1. The molecule has 2 aliphatic heterocycles. The summed E-state index contributed by atoms with van der Waals surface area (Å²) < 4.78 is 5.18. The van der Waals surface area contributed by atoms with Crippen LogP contribution in [0.5, 0.6) is 0 Å². The second-order valence-electron chi connectivity index (χ2n) is 7.73. The SMILES string of the molecule is COCc1ccc(NCc2nc(C3=CN4N=CNC4C=C3)c(-c3cccc(C)n3)[nH]2)cc1. The normalized spacial score (nSPS) is 16.6. The van der Waals surface area contributed by atoms with Gasteiger partial charge in [0.25, 0.3) is 0 Å². The number of hydrazone groups is 1. The fourth-order valence-electron chi connectivity index (χ4n) is 3.76. The number of nitrogens with one attached hydrogen (secondary N) is 3. The molecule has 4 heterocycles. The predicted octanol–water partition coefficient (Wildman–Crippen LogP) is 3.62. The van der Waals surface area contributed by atoms with Crippen molar-refractivity contribution in [2.45, 2.75) is 26.2 Å². The molecule has 0 fully saturated rings.